The number of hydrogen-bond acceptors (Lipinski definition) is 2. The standard InChI is InChI=1S/C19H20N4S/c20-19(17-2-1-7-24-17)23-11-3-4-16-13(8-11)15(10-22-16)18-12-5-6-21-9-14(12)18/h1-4,7-8,10,12,14,18,21-22H,5-6,9H2,(H2,20,23)/p+1. The fraction of sp³-hybridized carbons (Fsp3) is 0.316. The second kappa shape index (κ2) is 5.46. The highest BCUT2D eigenvalue weighted by Gasteiger charge is 2.54. The molecule has 1 saturated carbocycles. The Labute approximate surface area is 144 Å². The molecule has 3 atom stereocenters. The Kier molecular flexibility index (Phi) is 3.24. The molecule has 0 radical (unpaired) electrons. The van der Waals surface area contributed by atoms with E-state index in [4.69, 9.17) is 5.73 Å². The average molecular weight is 337 g/mol. The summed E-state index contributed by atoms with van der Waals surface area (Å²) in [6, 6.07) is 10.4. The lowest BCUT2D eigenvalue weighted by molar-refractivity contribution is -0.664. The van der Waals surface area contributed by atoms with Gasteiger partial charge in [-0.25, -0.2) is 4.99 Å². The van der Waals surface area contributed by atoms with Gasteiger partial charge in [0.15, 0.2) is 0 Å². The van der Waals surface area contributed by atoms with Gasteiger partial charge in [0, 0.05) is 29.4 Å². The summed E-state index contributed by atoms with van der Waals surface area (Å²) in [5.74, 6) is 3.07. The Morgan fingerprint density at radius 3 is 3.04 bits per heavy atom. The number of piperidine rings is 1. The minimum Gasteiger partial charge on any atom is -0.383 e. The maximum Gasteiger partial charge on any atom is 0.141 e. The molecule has 0 spiro atoms. The molecular weight excluding hydrogens is 316 g/mol. The van der Waals surface area contributed by atoms with Crippen LogP contribution < -0.4 is 11.1 Å². The van der Waals surface area contributed by atoms with E-state index in [-0.39, 0.29) is 0 Å². The first kappa shape index (κ1) is 14.3. The molecule has 2 fully saturated rings. The van der Waals surface area contributed by atoms with Gasteiger partial charge in [-0.3, -0.25) is 0 Å². The molecule has 2 aliphatic rings. The van der Waals surface area contributed by atoms with E-state index in [9.17, 15) is 0 Å². The van der Waals surface area contributed by atoms with Crippen LogP contribution in [0.15, 0.2) is 46.9 Å². The Hall–Kier alpha value is -2.11. The van der Waals surface area contributed by atoms with Crippen molar-refractivity contribution in [1.82, 2.24) is 4.98 Å². The largest absolute Gasteiger partial charge is 0.383 e. The first-order chi connectivity index (χ1) is 11.8. The minimum atomic E-state index is 0.594. The van der Waals surface area contributed by atoms with Gasteiger partial charge in [0.25, 0.3) is 0 Å². The number of aliphatic imine (C=N–C) groups is 1. The highest BCUT2D eigenvalue weighted by molar-refractivity contribution is 7.12. The molecule has 122 valence electrons. The highest BCUT2D eigenvalue weighted by atomic mass is 32.1. The van der Waals surface area contributed by atoms with Crippen molar-refractivity contribution in [2.45, 2.75) is 12.3 Å². The quantitative estimate of drug-likeness (QED) is 0.499. The van der Waals surface area contributed by atoms with Crippen molar-refractivity contribution in [3.05, 3.63) is 52.3 Å². The molecule has 1 aromatic carbocycles. The molecule has 5 N–H and O–H groups in total. The predicted molar refractivity (Wildman–Crippen MR) is 99.0 cm³/mol. The zero-order valence-corrected chi connectivity index (χ0v) is 14.2. The van der Waals surface area contributed by atoms with Crippen molar-refractivity contribution in [2.24, 2.45) is 22.6 Å². The summed E-state index contributed by atoms with van der Waals surface area (Å²) in [5.41, 5.74) is 9.75. The van der Waals surface area contributed by atoms with Crippen molar-refractivity contribution in [1.29, 1.82) is 0 Å². The molecule has 3 aromatic rings. The van der Waals surface area contributed by atoms with Crippen molar-refractivity contribution in [2.75, 3.05) is 13.1 Å². The van der Waals surface area contributed by atoms with E-state index in [0.29, 0.717) is 5.84 Å². The molecule has 5 heteroatoms. The van der Waals surface area contributed by atoms with Gasteiger partial charge in [0.1, 0.15) is 5.84 Å². The molecule has 1 aliphatic carbocycles. The van der Waals surface area contributed by atoms with Crippen molar-refractivity contribution < 1.29 is 5.32 Å². The van der Waals surface area contributed by atoms with Crippen LogP contribution in [0.3, 0.4) is 0 Å². The molecule has 5 rings (SSSR count). The van der Waals surface area contributed by atoms with E-state index in [1.165, 1.54) is 36.0 Å². The second-order valence-electron chi connectivity index (χ2n) is 6.90. The fourth-order valence-electron chi connectivity index (χ4n) is 4.34. The Morgan fingerprint density at radius 1 is 1.29 bits per heavy atom. The fourth-order valence-corrected chi connectivity index (χ4v) is 4.96. The molecular formula is C19H21N4S+. The van der Waals surface area contributed by atoms with Crippen LogP contribution >= 0.6 is 11.3 Å². The third-order valence-electron chi connectivity index (χ3n) is 5.55. The number of hydrogen-bond donors (Lipinski definition) is 3. The number of aromatic amines is 1. The number of quaternary nitrogens is 1. The van der Waals surface area contributed by atoms with Gasteiger partial charge in [-0.1, -0.05) is 6.07 Å². The predicted octanol–water partition coefficient (Wildman–Crippen LogP) is 2.56. The van der Waals surface area contributed by atoms with Crippen LogP contribution in [0.5, 0.6) is 0 Å². The number of thiophene rings is 1. The van der Waals surface area contributed by atoms with E-state index >= 15 is 0 Å². The third kappa shape index (κ3) is 2.27. The van der Waals surface area contributed by atoms with Crippen molar-refractivity contribution in [3.63, 3.8) is 0 Å². The lowest BCUT2D eigenvalue weighted by atomic mass is 10.1. The van der Waals surface area contributed by atoms with Crippen LogP contribution in [0.25, 0.3) is 10.9 Å². The highest BCUT2D eigenvalue weighted by Crippen LogP contribution is 2.57. The van der Waals surface area contributed by atoms with Gasteiger partial charge in [-0.05, 0) is 47.0 Å². The van der Waals surface area contributed by atoms with Gasteiger partial charge in [0.2, 0.25) is 0 Å². The number of H-pyrrole nitrogens is 1. The van der Waals surface area contributed by atoms with Crippen molar-refractivity contribution in [3.8, 4) is 0 Å². The lowest BCUT2D eigenvalue weighted by Crippen LogP contribution is -2.86. The van der Waals surface area contributed by atoms with Crippen LogP contribution in [-0.2, 0) is 0 Å². The van der Waals surface area contributed by atoms with E-state index < -0.39 is 0 Å². The number of nitrogens with one attached hydrogen (secondary N) is 1. The molecule has 2 aromatic heterocycles. The Balaban J connectivity index is 1.51. The molecule has 1 aliphatic heterocycles. The zero-order valence-electron chi connectivity index (χ0n) is 13.4. The molecule has 4 nitrogen and oxygen atoms in total. The van der Waals surface area contributed by atoms with Crippen LogP contribution in [0.2, 0.25) is 0 Å². The van der Waals surface area contributed by atoms with E-state index in [1.54, 1.807) is 11.3 Å². The second-order valence-corrected chi connectivity index (χ2v) is 7.85. The number of nitrogens with zero attached hydrogens (tertiary/aromatic N) is 1. The summed E-state index contributed by atoms with van der Waals surface area (Å²) in [5, 5.41) is 5.81. The minimum absolute atomic E-state index is 0.594. The molecule has 3 unspecified atom stereocenters. The first-order valence-electron chi connectivity index (χ1n) is 8.62. The van der Waals surface area contributed by atoms with E-state index in [2.05, 4.69) is 33.6 Å². The number of nitrogens with two attached hydrogens (primary N) is 2. The number of benzene rings is 1. The first-order valence-corrected chi connectivity index (χ1v) is 9.50. The van der Waals surface area contributed by atoms with Crippen LogP contribution in [0.1, 0.15) is 22.8 Å². The lowest BCUT2D eigenvalue weighted by Gasteiger charge is -2.04. The summed E-state index contributed by atoms with van der Waals surface area (Å²) in [4.78, 5) is 9.09. The molecule has 3 heterocycles. The smallest absolute Gasteiger partial charge is 0.141 e. The van der Waals surface area contributed by atoms with Crippen LogP contribution in [0.4, 0.5) is 5.69 Å². The van der Waals surface area contributed by atoms with Crippen molar-refractivity contribution >= 4 is 33.8 Å². The molecule has 24 heavy (non-hydrogen) atoms. The maximum atomic E-state index is 6.14. The van der Waals surface area contributed by atoms with Gasteiger partial charge < -0.3 is 16.0 Å². The topological polar surface area (TPSA) is 70.8 Å². The summed E-state index contributed by atoms with van der Waals surface area (Å²) >= 11 is 1.62. The number of aromatic nitrogens is 1. The SMILES string of the molecule is NC(=Nc1ccc2[nH]cc(C3C4CC[NH2+]CC43)c2c1)c1cccs1. The molecule has 0 bridgehead atoms. The summed E-state index contributed by atoms with van der Waals surface area (Å²) in [6.45, 7) is 2.57. The Bertz CT molecular complexity index is 897. The summed E-state index contributed by atoms with van der Waals surface area (Å²) < 4.78 is 0. The Morgan fingerprint density at radius 2 is 2.25 bits per heavy atom. The molecule has 1 saturated heterocycles. The van der Waals surface area contributed by atoms with E-state index in [1.807, 2.05) is 23.6 Å². The average Bonchev–Trinajstić information content (AvgIpc) is 2.98. The van der Waals surface area contributed by atoms with Gasteiger partial charge in [-0.2, -0.15) is 0 Å². The van der Waals surface area contributed by atoms with Crippen LogP contribution in [0, 0.1) is 11.8 Å². The van der Waals surface area contributed by atoms with Crippen LogP contribution in [-0.4, -0.2) is 23.9 Å². The summed E-state index contributed by atoms with van der Waals surface area (Å²) in [6.07, 6.45) is 3.56. The maximum absolute atomic E-state index is 6.14. The van der Waals surface area contributed by atoms with Gasteiger partial charge in [-0.15, -0.1) is 11.3 Å². The van der Waals surface area contributed by atoms with Gasteiger partial charge >= 0.3 is 0 Å². The number of amidine groups is 1. The third-order valence-corrected chi connectivity index (χ3v) is 6.45. The molecule has 0 amide bonds. The zero-order chi connectivity index (χ0) is 16.1. The number of rotatable bonds is 3. The van der Waals surface area contributed by atoms with E-state index in [0.717, 1.165) is 28.3 Å². The summed E-state index contributed by atoms with van der Waals surface area (Å²) in [7, 11) is 0. The monoisotopic (exact) mass is 337 g/mol. The van der Waals surface area contributed by atoms with Gasteiger partial charge in [0.05, 0.1) is 23.7 Å². The normalized spacial score (nSPS) is 26.5. The number of fused-ring (bicyclic) bond motifs is 2.